The summed E-state index contributed by atoms with van der Waals surface area (Å²) in [5.74, 6) is 0.393. The van der Waals surface area contributed by atoms with Gasteiger partial charge < -0.3 is 5.73 Å². The zero-order chi connectivity index (χ0) is 14.7. The van der Waals surface area contributed by atoms with Crippen molar-refractivity contribution in [3.63, 3.8) is 0 Å². The van der Waals surface area contributed by atoms with Gasteiger partial charge in [-0.25, -0.2) is 4.99 Å². The van der Waals surface area contributed by atoms with Gasteiger partial charge >= 0.3 is 0 Å². The van der Waals surface area contributed by atoms with E-state index in [4.69, 9.17) is 17.3 Å². The van der Waals surface area contributed by atoms with E-state index in [1.165, 1.54) is 0 Å². The highest BCUT2D eigenvalue weighted by molar-refractivity contribution is 6.24. The Labute approximate surface area is 120 Å². The minimum atomic E-state index is -0.795. The fourth-order valence-electron chi connectivity index (χ4n) is 1.61. The first-order valence-corrected chi connectivity index (χ1v) is 6.60. The fourth-order valence-corrected chi connectivity index (χ4v) is 1.79. The van der Waals surface area contributed by atoms with Crippen molar-refractivity contribution in [3.8, 4) is 0 Å². The van der Waals surface area contributed by atoms with Crippen LogP contribution in [0.25, 0.3) is 0 Å². The summed E-state index contributed by atoms with van der Waals surface area (Å²) in [6.07, 6.45) is 0. The van der Waals surface area contributed by atoms with Crippen molar-refractivity contribution in [1.82, 2.24) is 10.3 Å². The first-order chi connectivity index (χ1) is 9.51. The van der Waals surface area contributed by atoms with Gasteiger partial charge in [-0.1, -0.05) is 10.3 Å². The molecule has 0 spiro atoms. The highest BCUT2D eigenvalue weighted by atomic mass is 35.5. The van der Waals surface area contributed by atoms with Gasteiger partial charge in [-0.2, -0.15) is 9.98 Å². The number of rotatable bonds is 4. The molecular weight excluding hydrogens is 284 g/mol. The average molecular weight is 299 g/mol. The minimum absolute atomic E-state index is 0.00401. The smallest absolute Gasteiger partial charge is 0.269 e. The highest BCUT2D eigenvalue weighted by Crippen LogP contribution is 2.12. The molecule has 9 nitrogen and oxygen atoms in total. The summed E-state index contributed by atoms with van der Waals surface area (Å²) in [5.41, 5.74) is 5.44. The van der Waals surface area contributed by atoms with Crippen LogP contribution in [0, 0.1) is 0 Å². The van der Waals surface area contributed by atoms with Gasteiger partial charge in [-0.3, -0.25) is 15.1 Å². The van der Waals surface area contributed by atoms with Crippen LogP contribution in [0.4, 0.5) is 0 Å². The van der Waals surface area contributed by atoms with Crippen LogP contribution in [0.3, 0.4) is 0 Å². The number of carbonyl (C=O) groups is 1. The van der Waals surface area contributed by atoms with Crippen LogP contribution in [-0.2, 0) is 4.79 Å². The van der Waals surface area contributed by atoms with Gasteiger partial charge in [-0.05, 0) is 13.8 Å². The zero-order valence-electron chi connectivity index (χ0n) is 11.1. The maximum Gasteiger partial charge on any atom is 0.269 e. The van der Waals surface area contributed by atoms with E-state index in [2.05, 4.69) is 30.6 Å². The molecule has 1 unspecified atom stereocenters. The Morgan fingerprint density at radius 1 is 1.50 bits per heavy atom. The van der Waals surface area contributed by atoms with Crippen LogP contribution in [0.15, 0.2) is 25.3 Å². The molecule has 0 saturated heterocycles. The van der Waals surface area contributed by atoms with E-state index in [-0.39, 0.29) is 29.7 Å². The Kier molecular flexibility index (Phi) is 4.28. The number of hydrogen-bond donors (Lipinski definition) is 2. The molecule has 10 heteroatoms. The lowest BCUT2D eigenvalue weighted by molar-refractivity contribution is -0.119. The molecule has 2 rings (SSSR count). The molecule has 0 aromatic rings. The van der Waals surface area contributed by atoms with E-state index in [9.17, 15) is 4.79 Å². The summed E-state index contributed by atoms with van der Waals surface area (Å²) in [7, 11) is 0. The summed E-state index contributed by atoms with van der Waals surface area (Å²) in [6.45, 7) is 4.49. The maximum atomic E-state index is 11.6. The second-order valence-electron chi connectivity index (χ2n) is 4.42. The van der Waals surface area contributed by atoms with E-state index in [1.807, 2.05) is 13.8 Å². The van der Waals surface area contributed by atoms with Crippen LogP contribution in [-0.4, -0.2) is 53.2 Å². The van der Waals surface area contributed by atoms with Crippen LogP contribution in [0.5, 0.6) is 0 Å². The third kappa shape index (κ3) is 3.10. The largest absolute Gasteiger partial charge is 0.369 e. The molecule has 0 bridgehead atoms. The molecular formula is C10H15ClN8O. The summed E-state index contributed by atoms with van der Waals surface area (Å²) in [5, 5.41) is 12.0. The SMILES string of the molecule is CC(C)N(CCCl)/N=N/C1=NC2C(=O)NC(N)=NC2=N1. The highest BCUT2D eigenvalue weighted by Gasteiger charge is 2.33. The molecule has 108 valence electrons. The van der Waals surface area contributed by atoms with E-state index in [0.29, 0.717) is 12.4 Å². The van der Waals surface area contributed by atoms with Crippen molar-refractivity contribution in [2.45, 2.75) is 25.9 Å². The summed E-state index contributed by atoms with van der Waals surface area (Å²) < 4.78 is 0. The molecule has 3 N–H and O–H groups in total. The molecule has 0 aromatic carbocycles. The van der Waals surface area contributed by atoms with E-state index >= 15 is 0 Å². The second-order valence-corrected chi connectivity index (χ2v) is 4.80. The Hall–Kier alpha value is -2.03. The normalized spacial score (nSPS) is 21.5. The Balaban J connectivity index is 2.12. The van der Waals surface area contributed by atoms with Gasteiger partial charge in [0, 0.05) is 11.9 Å². The first-order valence-electron chi connectivity index (χ1n) is 6.07. The molecule has 0 aliphatic carbocycles. The summed E-state index contributed by atoms with van der Waals surface area (Å²) in [6, 6.07) is -0.650. The number of amidine groups is 1. The lowest BCUT2D eigenvalue weighted by atomic mass is 10.2. The third-order valence-electron chi connectivity index (χ3n) is 2.60. The number of nitrogens with one attached hydrogen (secondary N) is 1. The van der Waals surface area contributed by atoms with Crippen molar-refractivity contribution < 1.29 is 4.79 Å². The molecule has 20 heavy (non-hydrogen) atoms. The second kappa shape index (κ2) is 5.95. The Bertz CT molecular complexity index is 523. The fraction of sp³-hybridized carbons (Fsp3) is 0.600. The van der Waals surface area contributed by atoms with Crippen LogP contribution in [0.1, 0.15) is 13.8 Å². The van der Waals surface area contributed by atoms with Crippen molar-refractivity contribution >= 4 is 35.3 Å². The summed E-state index contributed by atoms with van der Waals surface area (Å²) in [4.78, 5) is 23.6. The van der Waals surface area contributed by atoms with Crippen molar-refractivity contribution in [2.24, 2.45) is 31.0 Å². The number of alkyl halides is 1. The predicted molar refractivity (Wildman–Crippen MR) is 75.8 cm³/mol. The molecule has 0 aromatic heterocycles. The van der Waals surface area contributed by atoms with E-state index in [0.717, 1.165) is 0 Å². The minimum Gasteiger partial charge on any atom is -0.369 e. The standard InChI is InChI=1S/C10H15ClN8O/c1-5(2)19(4-3-11)18-17-10-13-6-7(15-10)14-9(12)16-8(6)20/h5-6H,3-4H2,1-2H3,(H3,12,13,14,15,16,20)/b18-17+. The first kappa shape index (κ1) is 14.4. The molecule has 2 heterocycles. The molecule has 2 aliphatic heterocycles. The van der Waals surface area contributed by atoms with Crippen molar-refractivity contribution in [2.75, 3.05) is 12.4 Å². The van der Waals surface area contributed by atoms with Crippen molar-refractivity contribution in [1.29, 1.82) is 0 Å². The Morgan fingerprint density at radius 3 is 2.90 bits per heavy atom. The van der Waals surface area contributed by atoms with Gasteiger partial charge in [0.15, 0.2) is 11.9 Å². The van der Waals surface area contributed by atoms with Crippen LogP contribution >= 0.6 is 11.6 Å². The lowest BCUT2D eigenvalue weighted by Crippen LogP contribution is -2.49. The predicted octanol–water partition coefficient (Wildman–Crippen LogP) is -0.116. The number of fused-ring (bicyclic) bond motifs is 1. The molecule has 0 radical (unpaired) electrons. The van der Waals surface area contributed by atoms with Gasteiger partial charge in [0.05, 0.1) is 6.54 Å². The van der Waals surface area contributed by atoms with Gasteiger partial charge in [-0.15, -0.1) is 11.6 Å². The lowest BCUT2D eigenvalue weighted by Gasteiger charge is -2.19. The molecule has 2 aliphatic rings. The number of nitrogens with zero attached hydrogens (tertiary/aromatic N) is 6. The zero-order valence-corrected chi connectivity index (χ0v) is 11.9. The monoisotopic (exact) mass is 298 g/mol. The molecule has 0 saturated carbocycles. The van der Waals surface area contributed by atoms with Gasteiger partial charge in [0.25, 0.3) is 11.9 Å². The number of amides is 1. The van der Waals surface area contributed by atoms with Crippen LogP contribution < -0.4 is 11.1 Å². The van der Waals surface area contributed by atoms with Gasteiger partial charge in [0.2, 0.25) is 5.96 Å². The number of nitrogens with two attached hydrogens (primary N) is 1. The number of carbonyl (C=O) groups excluding carboxylic acids is 1. The maximum absolute atomic E-state index is 11.6. The summed E-state index contributed by atoms with van der Waals surface area (Å²) >= 11 is 5.68. The van der Waals surface area contributed by atoms with Crippen molar-refractivity contribution in [3.05, 3.63) is 0 Å². The number of guanidine groups is 2. The van der Waals surface area contributed by atoms with Gasteiger partial charge in [0.1, 0.15) is 0 Å². The van der Waals surface area contributed by atoms with E-state index in [1.54, 1.807) is 5.01 Å². The molecule has 1 amide bonds. The number of hydrogen-bond acceptors (Lipinski definition) is 7. The number of halogens is 1. The average Bonchev–Trinajstić information content (AvgIpc) is 2.77. The quantitative estimate of drug-likeness (QED) is 0.428. The molecule has 0 fully saturated rings. The van der Waals surface area contributed by atoms with Crippen LogP contribution in [0.2, 0.25) is 0 Å². The molecule has 1 atom stereocenters. The third-order valence-corrected chi connectivity index (χ3v) is 2.77. The van der Waals surface area contributed by atoms with E-state index < -0.39 is 6.04 Å². The number of aliphatic imine (C=N–C) groups is 3. The Morgan fingerprint density at radius 2 is 2.25 bits per heavy atom. The topological polar surface area (TPSA) is 120 Å².